The van der Waals surface area contributed by atoms with Gasteiger partial charge in [0.2, 0.25) is 0 Å². The van der Waals surface area contributed by atoms with Gasteiger partial charge in [-0.1, -0.05) is 11.6 Å². The van der Waals surface area contributed by atoms with Gasteiger partial charge in [0.1, 0.15) is 0 Å². The van der Waals surface area contributed by atoms with Crippen molar-refractivity contribution in [2.24, 2.45) is 0 Å². The van der Waals surface area contributed by atoms with E-state index in [-0.39, 0.29) is 27.4 Å². The van der Waals surface area contributed by atoms with Crippen LogP contribution in [0, 0.1) is 10.1 Å². The lowest BCUT2D eigenvalue weighted by Crippen LogP contribution is -2.27. The number of imide groups is 1. The summed E-state index contributed by atoms with van der Waals surface area (Å²) in [5, 5.41) is 10.6. The Hall–Kier alpha value is -1.86. The molecule has 20 heavy (non-hydrogen) atoms. The Morgan fingerprint density at radius 1 is 1.45 bits per heavy atom. The summed E-state index contributed by atoms with van der Waals surface area (Å²) in [6, 6.07) is 3.93. The van der Waals surface area contributed by atoms with Gasteiger partial charge >= 0.3 is 0 Å². The second-order valence-electron chi connectivity index (χ2n) is 3.89. The number of hydrogen-bond donors (Lipinski definition) is 0. The van der Waals surface area contributed by atoms with E-state index in [1.54, 1.807) is 6.92 Å². The molecule has 1 heterocycles. The summed E-state index contributed by atoms with van der Waals surface area (Å²) in [6.07, 6.45) is 1.40. The molecule has 1 saturated heterocycles. The minimum atomic E-state index is -0.550. The lowest BCUT2D eigenvalue weighted by atomic mass is 10.2. The first-order chi connectivity index (χ1) is 9.43. The van der Waals surface area contributed by atoms with E-state index in [2.05, 4.69) is 0 Å². The third kappa shape index (κ3) is 2.68. The van der Waals surface area contributed by atoms with Crippen LogP contribution in [0.2, 0.25) is 5.02 Å². The summed E-state index contributed by atoms with van der Waals surface area (Å²) in [5.41, 5.74) is 0.206. The number of halogens is 1. The molecule has 1 fully saturated rings. The van der Waals surface area contributed by atoms with Gasteiger partial charge < -0.3 is 0 Å². The van der Waals surface area contributed by atoms with Crippen molar-refractivity contribution in [2.75, 3.05) is 6.54 Å². The SMILES string of the molecule is CCN1C(=O)SC(=Cc2cc([N+](=O)[O-])ccc2Cl)C1=O. The first-order valence-corrected chi connectivity index (χ1v) is 6.82. The van der Waals surface area contributed by atoms with Gasteiger partial charge in [0.25, 0.3) is 16.8 Å². The molecule has 1 aliphatic heterocycles. The number of rotatable bonds is 3. The molecule has 2 rings (SSSR count). The molecule has 0 atom stereocenters. The monoisotopic (exact) mass is 312 g/mol. The van der Waals surface area contributed by atoms with Gasteiger partial charge in [0.15, 0.2) is 0 Å². The average Bonchev–Trinajstić information content (AvgIpc) is 2.66. The number of nitrogens with zero attached hydrogens (tertiary/aromatic N) is 2. The first kappa shape index (κ1) is 14.5. The zero-order valence-electron chi connectivity index (χ0n) is 10.3. The third-order valence-corrected chi connectivity index (χ3v) is 3.92. The maximum absolute atomic E-state index is 11.9. The lowest BCUT2D eigenvalue weighted by molar-refractivity contribution is -0.384. The molecule has 104 valence electrons. The van der Waals surface area contributed by atoms with Crippen LogP contribution in [0.15, 0.2) is 23.1 Å². The smallest absolute Gasteiger partial charge is 0.269 e. The number of nitro groups is 1. The highest BCUT2D eigenvalue weighted by Crippen LogP contribution is 2.34. The second kappa shape index (κ2) is 5.64. The van der Waals surface area contributed by atoms with Crippen LogP contribution in [0.4, 0.5) is 10.5 Å². The van der Waals surface area contributed by atoms with E-state index in [9.17, 15) is 19.7 Å². The van der Waals surface area contributed by atoms with Crippen LogP contribution < -0.4 is 0 Å². The highest BCUT2D eigenvalue weighted by molar-refractivity contribution is 8.18. The van der Waals surface area contributed by atoms with Crippen LogP contribution >= 0.6 is 23.4 Å². The standard InChI is InChI=1S/C12H9ClN2O4S/c1-2-14-11(16)10(20-12(14)17)6-7-5-8(15(18)19)3-4-9(7)13/h3-6H,2H2,1H3. The third-order valence-electron chi connectivity index (χ3n) is 2.67. The Morgan fingerprint density at radius 2 is 2.15 bits per heavy atom. The largest absolute Gasteiger partial charge is 0.293 e. The molecule has 0 unspecified atom stereocenters. The predicted octanol–water partition coefficient (Wildman–Crippen LogP) is 3.30. The van der Waals surface area contributed by atoms with E-state index in [0.29, 0.717) is 5.56 Å². The van der Waals surface area contributed by atoms with Crippen molar-refractivity contribution in [1.82, 2.24) is 4.90 Å². The summed E-state index contributed by atoms with van der Waals surface area (Å²) >= 11 is 6.74. The van der Waals surface area contributed by atoms with Crippen LogP contribution in [-0.4, -0.2) is 27.5 Å². The number of carbonyl (C=O) groups excluding carboxylic acids is 2. The number of thioether (sulfide) groups is 1. The van der Waals surface area contributed by atoms with Crippen molar-refractivity contribution in [1.29, 1.82) is 0 Å². The lowest BCUT2D eigenvalue weighted by Gasteiger charge is -2.07. The van der Waals surface area contributed by atoms with Crippen molar-refractivity contribution in [3.05, 3.63) is 43.8 Å². The number of benzene rings is 1. The summed E-state index contributed by atoms with van der Waals surface area (Å²) in [6.45, 7) is 1.98. The molecule has 0 spiro atoms. The fourth-order valence-corrected chi connectivity index (χ4v) is 2.74. The zero-order valence-corrected chi connectivity index (χ0v) is 11.9. The van der Waals surface area contributed by atoms with E-state index in [0.717, 1.165) is 16.7 Å². The molecule has 0 aliphatic carbocycles. The van der Waals surface area contributed by atoms with Gasteiger partial charge in [-0.2, -0.15) is 0 Å². The Kier molecular flexibility index (Phi) is 4.10. The zero-order chi connectivity index (χ0) is 14.9. The van der Waals surface area contributed by atoms with Crippen molar-refractivity contribution in [2.45, 2.75) is 6.92 Å². The number of likely N-dealkylation sites (N-methyl/N-ethyl adjacent to an activating group) is 1. The number of hydrogen-bond acceptors (Lipinski definition) is 5. The molecule has 1 aromatic rings. The highest BCUT2D eigenvalue weighted by atomic mass is 35.5. The van der Waals surface area contributed by atoms with E-state index in [1.807, 2.05) is 0 Å². The molecule has 0 saturated carbocycles. The normalized spacial score (nSPS) is 17.1. The van der Waals surface area contributed by atoms with E-state index in [1.165, 1.54) is 24.3 Å². The van der Waals surface area contributed by atoms with Gasteiger partial charge in [0.05, 0.1) is 9.83 Å². The maximum atomic E-state index is 11.9. The molecule has 0 bridgehead atoms. The molecule has 6 nitrogen and oxygen atoms in total. The minimum Gasteiger partial charge on any atom is -0.269 e. The average molecular weight is 313 g/mol. The number of non-ortho nitro benzene ring substituents is 1. The van der Waals surface area contributed by atoms with Crippen LogP contribution in [-0.2, 0) is 4.79 Å². The van der Waals surface area contributed by atoms with E-state index < -0.39 is 10.8 Å². The molecule has 8 heteroatoms. The number of carbonyl (C=O) groups is 2. The van der Waals surface area contributed by atoms with Crippen LogP contribution in [0.1, 0.15) is 12.5 Å². The molecule has 0 N–H and O–H groups in total. The van der Waals surface area contributed by atoms with Gasteiger partial charge in [0, 0.05) is 29.3 Å². The summed E-state index contributed by atoms with van der Waals surface area (Å²) in [7, 11) is 0. The van der Waals surface area contributed by atoms with Crippen molar-refractivity contribution in [3.8, 4) is 0 Å². The summed E-state index contributed by atoms with van der Waals surface area (Å²) < 4.78 is 0. The van der Waals surface area contributed by atoms with Gasteiger partial charge in [-0.05, 0) is 30.8 Å². The van der Waals surface area contributed by atoms with Crippen molar-refractivity contribution in [3.63, 3.8) is 0 Å². The number of amides is 2. The van der Waals surface area contributed by atoms with Crippen LogP contribution in [0.25, 0.3) is 6.08 Å². The molecule has 0 aromatic heterocycles. The van der Waals surface area contributed by atoms with Gasteiger partial charge in [-0.15, -0.1) is 0 Å². The topological polar surface area (TPSA) is 80.5 Å². The molecular formula is C12H9ClN2O4S. The fourth-order valence-electron chi connectivity index (χ4n) is 1.67. The molecule has 1 aliphatic rings. The van der Waals surface area contributed by atoms with Gasteiger partial charge in [-0.25, -0.2) is 0 Å². The van der Waals surface area contributed by atoms with Crippen molar-refractivity contribution >= 4 is 46.3 Å². The predicted molar refractivity (Wildman–Crippen MR) is 76.5 cm³/mol. The van der Waals surface area contributed by atoms with Crippen LogP contribution in [0.3, 0.4) is 0 Å². The maximum Gasteiger partial charge on any atom is 0.293 e. The Bertz CT molecular complexity index is 644. The molecule has 1 aromatic carbocycles. The van der Waals surface area contributed by atoms with Crippen molar-refractivity contribution < 1.29 is 14.5 Å². The Balaban J connectivity index is 2.41. The summed E-state index contributed by atoms with van der Waals surface area (Å²) in [4.78, 5) is 35.0. The molecular weight excluding hydrogens is 304 g/mol. The van der Waals surface area contributed by atoms with E-state index in [4.69, 9.17) is 11.6 Å². The Morgan fingerprint density at radius 3 is 2.70 bits per heavy atom. The highest BCUT2D eigenvalue weighted by Gasteiger charge is 2.33. The van der Waals surface area contributed by atoms with Crippen LogP contribution in [0.5, 0.6) is 0 Å². The minimum absolute atomic E-state index is 0.129. The molecule has 0 radical (unpaired) electrons. The first-order valence-electron chi connectivity index (χ1n) is 5.63. The summed E-state index contributed by atoms with van der Waals surface area (Å²) in [5.74, 6) is -0.412. The second-order valence-corrected chi connectivity index (χ2v) is 5.29. The quantitative estimate of drug-likeness (QED) is 0.486. The van der Waals surface area contributed by atoms with E-state index >= 15 is 0 Å². The Labute approximate surface area is 123 Å². The van der Waals surface area contributed by atoms with Gasteiger partial charge in [-0.3, -0.25) is 24.6 Å². The fraction of sp³-hybridized carbons (Fsp3) is 0.167. The molecule has 2 amide bonds. The number of nitro benzene ring substituents is 1.